The third-order valence-electron chi connectivity index (χ3n) is 5.31. The minimum absolute atomic E-state index is 0. The number of aryl methyl sites for hydroxylation is 1. The Hall–Kier alpha value is -0.550. The molecule has 2 heterocycles. The average Bonchev–Trinajstić information content (AvgIpc) is 3.45. The predicted molar refractivity (Wildman–Crippen MR) is 124 cm³/mol. The Bertz CT molecular complexity index is 595. The zero-order valence-corrected chi connectivity index (χ0v) is 19.9. The number of nitrogens with one attached hydrogen (secondary N) is 2. The number of hydrogen-bond acceptors (Lipinski definition) is 5. The number of nitrogens with zero attached hydrogens (tertiary/aromatic N) is 5. The van der Waals surface area contributed by atoms with Gasteiger partial charge in [0.05, 0.1) is 0 Å². The topological polar surface area (TPSA) is 70.4 Å². The fourth-order valence-electron chi connectivity index (χ4n) is 3.36. The number of rotatable bonds is 8. The van der Waals surface area contributed by atoms with Crippen LogP contribution in [0.15, 0.2) is 4.99 Å². The highest BCUT2D eigenvalue weighted by molar-refractivity contribution is 14.0. The summed E-state index contributed by atoms with van der Waals surface area (Å²) in [6.45, 7) is 5.89. The zero-order valence-electron chi connectivity index (χ0n) is 16.8. The predicted octanol–water partition coefficient (Wildman–Crippen LogP) is 2.16. The van der Waals surface area contributed by atoms with E-state index in [0.717, 1.165) is 36.6 Å². The Labute approximate surface area is 184 Å². The molecule has 2 fully saturated rings. The average molecular weight is 507 g/mol. The number of thioether (sulfide) groups is 1. The van der Waals surface area contributed by atoms with Crippen LogP contribution in [0.4, 0.5) is 0 Å². The molecule has 3 rings (SSSR count). The molecule has 0 radical (unpaired) electrons. The van der Waals surface area contributed by atoms with Gasteiger partial charge in [0.15, 0.2) is 11.8 Å². The standard InChI is InChI=1S/C18H33N7S.HI/c1-14-22-23-17(24(14)2)13-20-18(19-9-4-12-26-3)21-15-7-10-25(11-8-15)16-5-6-16;/h15-16H,4-13H2,1-3H3,(H2,19,20,21);1H. The van der Waals surface area contributed by atoms with Crippen molar-refractivity contribution in [3.63, 3.8) is 0 Å². The molecule has 1 saturated carbocycles. The van der Waals surface area contributed by atoms with Crippen LogP contribution in [0.5, 0.6) is 0 Å². The fraction of sp³-hybridized carbons (Fsp3) is 0.833. The molecule has 1 aromatic rings. The van der Waals surface area contributed by atoms with E-state index in [0.29, 0.717) is 12.6 Å². The highest BCUT2D eigenvalue weighted by Crippen LogP contribution is 2.29. The number of guanidine groups is 1. The number of hydrogen-bond donors (Lipinski definition) is 2. The van der Waals surface area contributed by atoms with Crippen LogP contribution in [-0.4, -0.2) is 69.4 Å². The monoisotopic (exact) mass is 507 g/mol. The third kappa shape index (κ3) is 7.08. The van der Waals surface area contributed by atoms with E-state index in [1.54, 1.807) is 0 Å². The summed E-state index contributed by atoms with van der Waals surface area (Å²) < 4.78 is 2.00. The molecule has 1 aliphatic heterocycles. The van der Waals surface area contributed by atoms with E-state index in [2.05, 4.69) is 32.0 Å². The molecule has 1 saturated heterocycles. The summed E-state index contributed by atoms with van der Waals surface area (Å²) in [6, 6.07) is 1.39. The molecule has 1 aliphatic carbocycles. The lowest BCUT2D eigenvalue weighted by Crippen LogP contribution is -2.49. The molecule has 0 atom stereocenters. The largest absolute Gasteiger partial charge is 0.356 e. The number of likely N-dealkylation sites (tertiary alicyclic amines) is 1. The minimum atomic E-state index is 0. The van der Waals surface area contributed by atoms with Crippen LogP contribution in [0, 0.1) is 6.92 Å². The Balaban J connectivity index is 0.00000261. The zero-order chi connectivity index (χ0) is 18.4. The van der Waals surface area contributed by atoms with Gasteiger partial charge < -0.3 is 20.1 Å². The molecule has 2 N–H and O–H groups in total. The molecule has 0 spiro atoms. The van der Waals surface area contributed by atoms with Crippen LogP contribution < -0.4 is 10.6 Å². The maximum Gasteiger partial charge on any atom is 0.191 e. The van der Waals surface area contributed by atoms with Crippen LogP contribution in [0.1, 0.15) is 43.8 Å². The van der Waals surface area contributed by atoms with Crippen LogP contribution in [-0.2, 0) is 13.6 Å². The van der Waals surface area contributed by atoms with Crippen molar-refractivity contribution in [3.05, 3.63) is 11.6 Å². The number of aromatic nitrogens is 3. The van der Waals surface area contributed by atoms with Crippen molar-refractivity contribution in [1.82, 2.24) is 30.3 Å². The van der Waals surface area contributed by atoms with Gasteiger partial charge in [0.25, 0.3) is 0 Å². The minimum Gasteiger partial charge on any atom is -0.356 e. The molecular formula is C18H34IN7S. The van der Waals surface area contributed by atoms with Crippen molar-refractivity contribution in [3.8, 4) is 0 Å². The van der Waals surface area contributed by atoms with E-state index in [4.69, 9.17) is 4.99 Å². The maximum atomic E-state index is 4.78. The second kappa shape index (κ2) is 11.5. The van der Waals surface area contributed by atoms with Crippen LogP contribution in [0.3, 0.4) is 0 Å². The van der Waals surface area contributed by atoms with Gasteiger partial charge >= 0.3 is 0 Å². The molecule has 0 aromatic carbocycles. The summed E-state index contributed by atoms with van der Waals surface area (Å²) in [5.74, 6) is 3.90. The maximum absolute atomic E-state index is 4.78. The Morgan fingerprint density at radius 3 is 2.56 bits per heavy atom. The van der Waals surface area contributed by atoms with Gasteiger partial charge in [-0.15, -0.1) is 34.2 Å². The molecule has 7 nitrogen and oxygen atoms in total. The van der Waals surface area contributed by atoms with Gasteiger partial charge in [0, 0.05) is 38.8 Å². The highest BCUT2D eigenvalue weighted by atomic mass is 127. The van der Waals surface area contributed by atoms with Crippen molar-refractivity contribution < 1.29 is 0 Å². The molecule has 9 heteroatoms. The molecule has 0 bridgehead atoms. The molecule has 154 valence electrons. The first kappa shape index (κ1) is 22.7. The summed E-state index contributed by atoms with van der Waals surface area (Å²) in [7, 11) is 1.99. The first-order chi connectivity index (χ1) is 12.7. The molecular weight excluding hydrogens is 473 g/mol. The lowest BCUT2D eigenvalue weighted by atomic mass is 10.1. The molecule has 0 amide bonds. The second-order valence-corrected chi connectivity index (χ2v) is 8.33. The SMILES string of the molecule is CSCCCNC(=NCc1nnc(C)n1C)NC1CCN(C2CC2)CC1.I. The summed E-state index contributed by atoms with van der Waals surface area (Å²) in [5, 5.41) is 15.5. The quantitative estimate of drug-likeness (QED) is 0.243. The third-order valence-corrected chi connectivity index (χ3v) is 6.01. The van der Waals surface area contributed by atoms with Gasteiger partial charge in [0.1, 0.15) is 12.4 Å². The highest BCUT2D eigenvalue weighted by Gasteiger charge is 2.31. The van der Waals surface area contributed by atoms with Gasteiger partial charge in [-0.25, -0.2) is 4.99 Å². The van der Waals surface area contributed by atoms with E-state index < -0.39 is 0 Å². The Morgan fingerprint density at radius 1 is 1.22 bits per heavy atom. The molecule has 27 heavy (non-hydrogen) atoms. The summed E-state index contributed by atoms with van der Waals surface area (Å²) in [6.07, 6.45) is 8.50. The van der Waals surface area contributed by atoms with Crippen molar-refractivity contribution in [1.29, 1.82) is 0 Å². The normalized spacial score (nSPS) is 19.0. The first-order valence-corrected chi connectivity index (χ1v) is 11.2. The lowest BCUT2D eigenvalue weighted by Gasteiger charge is -2.33. The van der Waals surface area contributed by atoms with Crippen molar-refractivity contribution >= 4 is 41.7 Å². The smallest absolute Gasteiger partial charge is 0.191 e. The van der Waals surface area contributed by atoms with Gasteiger partial charge in [-0.3, -0.25) is 0 Å². The van der Waals surface area contributed by atoms with Crippen LogP contribution >= 0.6 is 35.7 Å². The van der Waals surface area contributed by atoms with Gasteiger partial charge in [0.2, 0.25) is 0 Å². The van der Waals surface area contributed by atoms with Crippen molar-refractivity contribution in [2.24, 2.45) is 12.0 Å². The second-order valence-electron chi connectivity index (χ2n) is 7.35. The van der Waals surface area contributed by atoms with Gasteiger partial charge in [-0.05, 0) is 51.0 Å². The van der Waals surface area contributed by atoms with Gasteiger partial charge in [-0.1, -0.05) is 0 Å². The van der Waals surface area contributed by atoms with Crippen LogP contribution in [0.2, 0.25) is 0 Å². The van der Waals surface area contributed by atoms with E-state index in [-0.39, 0.29) is 24.0 Å². The number of aliphatic imine (C=N–C) groups is 1. The summed E-state index contributed by atoms with van der Waals surface area (Å²) in [4.78, 5) is 7.43. The molecule has 2 aliphatic rings. The Morgan fingerprint density at radius 2 is 1.96 bits per heavy atom. The van der Waals surface area contributed by atoms with E-state index in [1.807, 2.05) is 30.3 Å². The first-order valence-electron chi connectivity index (χ1n) is 9.80. The van der Waals surface area contributed by atoms with E-state index in [9.17, 15) is 0 Å². The fourth-order valence-corrected chi connectivity index (χ4v) is 3.79. The lowest BCUT2D eigenvalue weighted by molar-refractivity contribution is 0.197. The van der Waals surface area contributed by atoms with Gasteiger partial charge in [-0.2, -0.15) is 11.8 Å². The summed E-state index contributed by atoms with van der Waals surface area (Å²) >= 11 is 1.89. The summed E-state index contributed by atoms with van der Waals surface area (Å²) in [5.41, 5.74) is 0. The van der Waals surface area contributed by atoms with Crippen molar-refractivity contribution in [2.45, 2.75) is 57.7 Å². The molecule has 1 aromatic heterocycles. The molecule has 0 unspecified atom stereocenters. The van der Waals surface area contributed by atoms with Crippen molar-refractivity contribution in [2.75, 3.05) is 31.6 Å². The Kier molecular flexibility index (Phi) is 9.64. The van der Waals surface area contributed by atoms with E-state index >= 15 is 0 Å². The number of piperidine rings is 1. The number of halogens is 1. The van der Waals surface area contributed by atoms with Crippen LogP contribution in [0.25, 0.3) is 0 Å². The van der Waals surface area contributed by atoms with E-state index in [1.165, 1.54) is 44.5 Å².